The van der Waals surface area contributed by atoms with Crippen LogP contribution in [0.3, 0.4) is 0 Å². The van der Waals surface area contributed by atoms with Crippen molar-refractivity contribution < 1.29 is 24.5 Å². The SMILES string of the molecule is CC1[C@H](C(=O)O)[C@H](NC(=O)OCc2ccccc2)CCN1CCO. The topological polar surface area (TPSA) is 99.1 Å². The van der Waals surface area contributed by atoms with Crippen LogP contribution >= 0.6 is 0 Å². The number of alkyl carbamates (subject to hydrolysis) is 1. The Balaban J connectivity index is 1.92. The van der Waals surface area contributed by atoms with Gasteiger partial charge in [-0.15, -0.1) is 0 Å². The van der Waals surface area contributed by atoms with Gasteiger partial charge in [-0.2, -0.15) is 0 Å². The Labute approximate surface area is 141 Å². The molecule has 24 heavy (non-hydrogen) atoms. The van der Waals surface area contributed by atoms with Gasteiger partial charge < -0.3 is 20.3 Å². The molecule has 1 saturated heterocycles. The van der Waals surface area contributed by atoms with Crippen molar-refractivity contribution in [1.82, 2.24) is 10.2 Å². The van der Waals surface area contributed by atoms with E-state index in [2.05, 4.69) is 5.32 Å². The van der Waals surface area contributed by atoms with E-state index in [1.165, 1.54) is 0 Å². The number of hydrogen-bond acceptors (Lipinski definition) is 5. The molecule has 0 radical (unpaired) electrons. The highest BCUT2D eigenvalue weighted by Gasteiger charge is 2.40. The van der Waals surface area contributed by atoms with E-state index in [-0.39, 0.29) is 19.3 Å². The van der Waals surface area contributed by atoms with Gasteiger partial charge in [0.05, 0.1) is 12.5 Å². The molecule has 3 N–H and O–H groups in total. The number of piperidine rings is 1. The van der Waals surface area contributed by atoms with Crippen molar-refractivity contribution in [3.8, 4) is 0 Å². The lowest BCUT2D eigenvalue weighted by molar-refractivity contribution is -0.147. The van der Waals surface area contributed by atoms with E-state index in [9.17, 15) is 14.7 Å². The smallest absolute Gasteiger partial charge is 0.407 e. The molecule has 1 unspecified atom stereocenters. The number of β-amino-alcohol motifs (C(OH)–C–C–N with tert-alkyl or cyclic N) is 1. The standard InChI is InChI=1S/C17H24N2O5/c1-12-15(16(21)22)14(7-8-19(12)9-10-20)18-17(23)24-11-13-5-3-2-4-6-13/h2-6,12,14-15,20H,7-11H2,1H3,(H,18,23)(H,21,22)/t12?,14-,15+/m1/s1. The fourth-order valence-electron chi connectivity index (χ4n) is 3.15. The summed E-state index contributed by atoms with van der Waals surface area (Å²) >= 11 is 0. The number of nitrogens with one attached hydrogen (secondary N) is 1. The summed E-state index contributed by atoms with van der Waals surface area (Å²) in [6, 6.07) is 8.53. The number of carbonyl (C=O) groups excluding carboxylic acids is 1. The predicted molar refractivity (Wildman–Crippen MR) is 87.4 cm³/mol. The zero-order valence-corrected chi connectivity index (χ0v) is 13.7. The minimum atomic E-state index is -0.960. The minimum absolute atomic E-state index is 0.0199. The van der Waals surface area contributed by atoms with Gasteiger partial charge in [-0.25, -0.2) is 4.79 Å². The molecule has 2 rings (SSSR count). The van der Waals surface area contributed by atoms with Crippen LogP contribution in [-0.4, -0.2) is 59.0 Å². The number of nitrogens with zero attached hydrogens (tertiary/aromatic N) is 1. The van der Waals surface area contributed by atoms with E-state index >= 15 is 0 Å². The summed E-state index contributed by atoms with van der Waals surface area (Å²) in [4.78, 5) is 25.5. The molecule has 0 bridgehead atoms. The van der Waals surface area contributed by atoms with Gasteiger partial charge >= 0.3 is 12.1 Å². The number of aliphatic carboxylic acids is 1. The number of likely N-dealkylation sites (tertiary alicyclic amines) is 1. The normalized spacial score (nSPS) is 24.3. The van der Waals surface area contributed by atoms with Gasteiger partial charge in [0.2, 0.25) is 0 Å². The van der Waals surface area contributed by atoms with Gasteiger partial charge in [0.25, 0.3) is 0 Å². The lowest BCUT2D eigenvalue weighted by atomic mass is 9.85. The van der Waals surface area contributed by atoms with Crippen molar-refractivity contribution in [1.29, 1.82) is 0 Å². The first kappa shape index (κ1) is 18.2. The van der Waals surface area contributed by atoms with Gasteiger partial charge in [0.1, 0.15) is 6.61 Å². The number of aliphatic hydroxyl groups excluding tert-OH is 1. The summed E-state index contributed by atoms with van der Waals surface area (Å²) < 4.78 is 5.17. The maximum atomic E-state index is 12.0. The van der Waals surface area contributed by atoms with E-state index in [4.69, 9.17) is 9.84 Å². The van der Waals surface area contributed by atoms with Gasteiger partial charge in [-0.05, 0) is 18.9 Å². The van der Waals surface area contributed by atoms with Crippen LogP contribution < -0.4 is 5.32 Å². The maximum absolute atomic E-state index is 12.0. The van der Waals surface area contributed by atoms with Crippen molar-refractivity contribution in [2.45, 2.75) is 32.0 Å². The molecule has 1 heterocycles. The number of benzene rings is 1. The molecule has 132 valence electrons. The first-order valence-electron chi connectivity index (χ1n) is 8.08. The Morgan fingerprint density at radius 2 is 2.04 bits per heavy atom. The molecule has 0 aromatic heterocycles. The lowest BCUT2D eigenvalue weighted by Crippen LogP contribution is -2.58. The highest BCUT2D eigenvalue weighted by molar-refractivity contribution is 5.74. The molecule has 1 aromatic carbocycles. The third-order valence-electron chi connectivity index (χ3n) is 4.44. The second-order valence-corrected chi connectivity index (χ2v) is 5.97. The maximum Gasteiger partial charge on any atom is 0.407 e. The molecular formula is C17H24N2O5. The quantitative estimate of drug-likeness (QED) is 0.719. The molecule has 1 amide bonds. The number of aliphatic hydroxyl groups is 1. The average Bonchev–Trinajstić information content (AvgIpc) is 2.56. The van der Waals surface area contributed by atoms with Crippen LogP contribution in [0.25, 0.3) is 0 Å². The fourth-order valence-corrected chi connectivity index (χ4v) is 3.15. The molecule has 1 aromatic rings. The third kappa shape index (κ3) is 4.69. The van der Waals surface area contributed by atoms with Crippen LogP contribution in [0.15, 0.2) is 30.3 Å². The van der Waals surface area contributed by atoms with Gasteiger partial charge in [0, 0.05) is 25.2 Å². The molecule has 7 heteroatoms. The Morgan fingerprint density at radius 3 is 2.67 bits per heavy atom. The van der Waals surface area contributed by atoms with Crippen LogP contribution in [0.1, 0.15) is 18.9 Å². The Morgan fingerprint density at radius 1 is 1.33 bits per heavy atom. The molecule has 1 aliphatic rings. The van der Waals surface area contributed by atoms with Crippen LogP contribution in [0, 0.1) is 5.92 Å². The summed E-state index contributed by atoms with van der Waals surface area (Å²) in [5.74, 6) is -1.70. The van der Waals surface area contributed by atoms with E-state index in [1.807, 2.05) is 35.2 Å². The van der Waals surface area contributed by atoms with Crippen LogP contribution in [0.5, 0.6) is 0 Å². The second-order valence-electron chi connectivity index (χ2n) is 5.97. The Hall–Kier alpha value is -2.12. The number of carbonyl (C=O) groups is 2. The zero-order valence-electron chi connectivity index (χ0n) is 13.7. The summed E-state index contributed by atoms with van der Waals surface area (Å²) in [6.45, 7) is 2.97. The molecule has 1 aliphatic heterocycles. The van der Waals surface area contributed by atoms with Crippen molar-refractivity contribution in [2.75, 3.05) is 19.7 Å². The molecule has 3 atom stereocenters. The van der Waals surface area contributed by atoms with Crippen LogP contribution in [0.2, 0.25) is 0 Å². The lowest BCUT2D eigenvalue weighted by Gasteiger charge is -2.41. The van der Waals surface area contributed by atoms with Crippen molar-refractivity contribution in [2.24, 2.45) is 5.92 Å². The molecule has 7 nitrogen and oxygen atoms in total. The zero-order chi connectivity index (χ0) is 17.5. The average molecular weight is 336 g/mol. The number of ether oxygens (including phenoxy) is 1. The van der Waals surface area contributed by atoms with Gasteiger partial charge in [-0.1, -0.05) is 30.3 Å². The number of carboxylic acid groups (broad SMARTS) is 1. The van der Waals surface area contributed by atoms with Gasteiger partial charge in [-0.3, -0.25) is 9.69 Å². The Kier molecular flexibility index (Phi) is 6.57. The third-order valence-corrected chi connectivity index (χ3v) is 4.44. The summed E-state index contributed by atoms with van der Waals surface area (Å²) in [5.41, 5.74) is 0.869. The highest BCUT2D eigenvalue weighted by Crippen LogP contribution is 2.24. The van der Waals surface area contributed by atoms with E-state index in [0.717, 1.165) is 5.56 Å². The first-order valence-corrected chi connectivity index (χ1v) is 8.08. The van der Waals surface area contributed by atoms with Crippen molar-refractivity contribution in [3.63, 3.8) is 0 Å². The predicted octanol–water partition coefficient (Wildman–Crippen LogP) is 1.07. The van der Waals surface area contributed by atoms with Gasteiger partial charge in [0.15, 0.2) is 0 Å². The molecule has 1 fully saturated rings. The number of hydrogen-bond donors (Lipinski definition) is 3. The molecule has 0 aliphatic carbocycles. The number of amides is 1. The van der Waals surface area contributed by atoms with Crippen LogP contribution in [0.4, 0.5) is 4.79 Å². The fraction of sp³-hybridized carbons (Fsp3) is 0.529. The van der Waals surface area contributed by atoms with E-state index in [0.29, 0.717) is 19.5 Å². The molecular weight excluding hydrogens is 312 g/mol. The van der Waals surface area contributed by atoms with Crippen molar-refractivity contribution >= 4 is 12.1 Å². The van der Waals surface area contributed by atoms with E-state index < -0.39 is 24.0 Å². The number of rotatable bonds is 6. The minimum Gasteiger partial charge on any atom is -0.481 e. The van der Waals surface area contributed by atoms with Crippen LogP contribution in [-0.2, 0) is 16.1 Å². The highest BCUT2D eigenvalue weighted by atomic mass is 16.5. The summed E-state index contributed by atoms with van der Waals surface area (Å²) in [6.07, 6.45) is -0.111. The van der Waals surface area contributed by atoms with E-state index in [1.54, 1.807) is 6.92 Å². The monoisotopic (exact) mass is 336 g/mol. The summed E-state index contributed by atoms with van der Waals surface area (Å²) in [7, 11) is 0. The molecule has 0 spiro atoms. The summed E-state index contributed by atoms with van der Waals surface area (Å²) in [5, 5.41) is 21.3. The molecule has 0 saturated carbocycles. The Bertz CT molecular complexity index is 551. The first-order chi connectivity index (χ1) is 11.5. The number of carboxylic acids is 1. The second kappa shape index (κ2) is 8.65. The largest absolute Gasteiger partial charge is 0.481 e. The van der Waals surface area contributed by atoms with Crippen molar-refractivity contribution in [3.05, 3.63) is 35.9 Å².